The van der Waals surface area contributed by atoms with Gasteiger partial charge in [-0.15, -0.1) is 0 Å². The summed E-state index contributed by atoms with van der Waals surface area (Å²) in [7, 11) is 0. The molecule has 0 unspecified atom stereocenters. The van der Waals surface area contributed by atoms with Gasteiger partial charge in [-0.2, -0.15) is 0 Å². The van der Waals surface area contributed by atoms with Crippen LogP contribution in [0.3, 0.4) is 0 Å². The van der Waals surface area contributed by atoms with Crippen LogP contribution in [0.2, 0.25) is 0 Å². The average Bonchev–Trinajstić information content (AvgIpc) is 1.96. The second-order valence-corrected chi connectivity index (χ2v) is 3.29. The topological polar surface area (TPSA) is 52.5 Å². The van der Waals surface area contributed by atoms with Crippen LogP contribution >= 0.6 is 0 Å². The largest absolute Gasteiger partial charge is 0.396 e. The summed E-state index contributed by atoms with van der Waals surface area (Å²) in [4.78, 5) is 0. The fourth-order valence-corrected chi connectivity index (χ4v) is 1.24. The third-order valence-corrected chi connectivity index (χ3v) is 2.29. The first-order valence-corrected chi connectivity index (χ1v) is 3.69. The summed E-state index contributed by atoms with van der Waals surface area (Å²) < 4.78 is 0. The second-order valence-electron chi connectivity index (χ2n) is 3.29. The van der Waals surface area contributed by atoms with Gasteiger partial charge in [-0.05, 0) is 13.0 Å². The van der Waals surface area contributed by atoms with Crippen LogP contribution in [0.4, 0.5) is 0 Å². The maximum absolute atomic E-state index is 9.43. The molecule has 0 spiro atoms. The van der Waals surface area contributed by atoms with E-state index in [1.807, 2.05) is 6.92 Å². The zero-order valence-electron chi connectivity index (χ0n) is 6.30. The van der Waals surface area contributed by atoms with E-state index in [1.165, 1.54) is 0 Å². The molecule has 1 aliphatic heterocycles. The SMILES string of the molecule is C[C@@]1(CO)CNCC[C@H]1O. The van der Waals surface area contributed by atoms with Gasteiger partial charge in [0.15, 0.2) is 0 Å². The number of piperidine rings is 1. The Balaban J connectivity index is 2.54. The summed E-state index contributed by atoms with van der Waals surface area (Å²) >= 11 is 0. The number of aliphatic hydroxyl groups excluding tert-OH is 2. The van der Waals surface area contributed by atoms with Gasteiger partial charge >= 0.3 is 0 Å². The monoisotopic (exact) mass is 145 g/mol. The van der Waals surface area contributed by atoms with Gasteiger partial charge < -0.3 is 15.5 Å². The van der Waals surface area contributed by atoms with Crippen molar-refractivity contribution < 1.29 is 10.2 Å². The molecule has 2 atom stereocenters. The summed E-state index contributed by atoms with van der Waals surface area (Å²) in [6.45, 7) is 3.52. The van der Waals surface area contributed by atoms with Crippen LogP contribution in [0, 0.1) is 5.41 Å². The van der Waals surface area contributed by atoms with Crippen molar-refractivity contribution in [2.45, 2.75) is 19.4 Å². The smallest absolute Gasteiger partial charge is 0.0640 e. The molecule has 1 aliphatic rings. The Morgan fingerprint density at radius 2 is 2.40 bits per heavy atom. The van der Waals surface area contributed by atoms with Crippen molar-refractivity contribution in [1.82, 2.24) is 5.32 Å². The zero-order valence-corrected chi connectivity index (χ0v) is 6.30. The average molecular weight is 145 g/mol. The van der Waals surface area contributed by atoms with E-state index >= 15 is 0 Å². The predicted molar refractivity (Wildman–Crippen MR) is 38.7 cm³/mol. The van der Waals surface area contributed by atoms with E-state index in [0.717, 1.165) is 13.0 Å². The molecule has 0 amide bonds. The molecular formula is C7H15NO2. The zero-order chi connectivity index (χ0) is 7.61. The van der Waals surface area contributed by atoms with Crippen LogP contribution in [0.1, 0.15) is 13.3 Å². The van der Waals surface area contributed by atoms with Gasteiger partial charge in [0, 0.05) is 12.0 Å². The molecule has 0 aliphatic carbocycles. The standard InChI is InChI=1S/C7H15NO2/c1-7(5-9)4-8-3-2-6(7)10/h6,8-10H,2-5H2,1H3/t6-,7+/m1/s1. The summed E-state index contributed by atoms with van der Waals surface area (Å²) in [5, 5.41) is 21.5. The summed E-state index contributed by atoms with van der Waals surface area (Å²) in [5.74, 6) is 0. The molecule has 0 bridgehead atoms. The van der Waals surface area contributed by atoms with Gasteiger partial charge in [0.25, 0.3) is 0 Å². The minimum atomic E-state index is -0.348. The first kappa shape index (κ1) is 7.98. The van der Waals surface area contributed by atoms with Gasteiger partial charge in [-0.25, -0.2) is 0 Å². The highest BCUT2D eigenvalue weighted by molar-refractivity contribution is 4.87. The molecule has 0 radical (unpaired) electrons. The highest BCUT2D eigenvalue weighted by Gasteiger charge is 2.34. The lowest BCUT2D eigenvalue weighted by Gasteiger charge is -2.37. The molecule has 0 aromatic rings. The molecule has 60 valence electrons. The van der Waals surface area contributed by atoms with E-state index < -0.39 is 0 Å². The molecule has 10 heavy (non-hydrogen) atoms. The van der Waals surface area contributed by atoms with E-state index in [0.29, 0.717) is 6.54 Å². The Bertz CT molecular complexity index is 118. The van der Waals surface area contributed by atoms with Crippen molar-refractivity contribution in [3.05, 3.63) is 0 Å². The Labute approximate surface area is 61.1 Å². The lowest BCUT2D eigenvalue weighted by Crippen LogP contribution is -2.50. The predicted octanol–water partition coefficient (Wildman–Crippen LogP) is -0.661. The minimum absolute atomic E-state index is 0.0567. The van der Waals surface area contributed by atoms with Crippen LogP contribution in [-0.4, -0.2) is 36.0 Å². The summed E-state index contributed by atoms with van der Waals surface area (Å²) in [5.41, 5.74) is -0.321. The highest BCUT2D eigenvalue weighted by atomic mass is 16.3. The molecule has 0 saturated carbocycles. The maximum Gasteiger partial charge on any atom is 0.0640 e. The quantitative estimate of drug-likeness (QED) is 0.459. The third kappa shape index (κ3) is 1.31. The van der Waals surface area contributed by atoms with Crippen LogP contribution in [0.15, 0.2) is 0 Å². The van der Waals surface area contributed by atoms with Crippen LogP contribution in [0.5, 0.6) is 0 Å². The van der Waals surface area contributed by atoms with Gasteiger partial charge in [-0.3, -0.25) is 0 Å². The lowest BCUT2D eigenvalue weighted by molar-refractivity contribution is -0.0246. The molecule has 3 N–H and O–H groups in total. The number of rotatable bonds is 1. The Hall–Kier alpha value is -0.120. The molecule has 0 aromatic carbocycles. The van der Waals surface area contributed by atoms with Crippen molar-refractivity contribution in [2.24, 2.45) is 5.41 Å². The fraction of sp³-hybridized carbons (Fsp3) is 1.00. The van der Waals surface area contributed by atoms with E-state index in [4.69, 9.17) is 5.11 Å². The van der Waals surface area contributed by atoms with Crippen molar-refractivity contribution in [2.75, 3.05) is 19.7 Å². The number of aliphatic hydroxyl groups is 2. The molecule has 1 fully saturated rings. The molecule has 1 rings (SSSR count). The summed E-state index contributed by atoms with van der Waals surface area (Å²) in [6, 6.07) is 0. The van der Waals surface area contributed by atoms with Gasteiger partial charge in [0.05, 0.1) is 12.7 Å². The van der Waals surface area contributed by atoms with Crippen molar-refractivity contribution >= 4 is 0 Å². The molecule has 0 aromatic heterocycles. The Morgan fingerprint density at radius 3 is 2.80 bits per heavy atom. The Kier molecular flexibility index (Phi) is 2.28. The minimum Gasteiger partial charge on any atom is -0.396 e. The number of nitrogens with one attached hydrogen (secondary N) is 1. The van der Waals surface area contributed by atoms with E-state index in [-0.39, 0.29) is 18.1 Å². The van der Waals surface area contributed by atoms with Crippen LogP contribution < -0.4 is 5.32 Å². The molecule has 1 saturated heterocycles. The molecular weight excluding hydrogens is 130 g/mol. The van der Waals surface area contributed by atoms with Crippen molar-refractivity contribution in [1.29, 1.82) is 0 Å². The van der Waals surface area contributed by atoms with Crippen LogP contribution in [-0.2, 0) is 0 Å². The van der Waals surface area contributed by atoms with Gasteiger partial charge in [-0.1, -0.05) is 6.92 Å². The number of hydrogen-bond donors (Lipinski definition) is 3. The fourth-order valence-electron chi connectivity index (χ4n) is 1.24. The van der Waals surface area contributed by atoms with E-state index in [2.05, 4.69) is 5.32 Å². The molecule has 3 nitrogen and oxygen atoms in total. The van der Waals surface area contributed by atoms with Crippen molar-refractivity contribution in [3.8, 4) is 0 Å². The normalized spacial score (nSPS) is 41.7. The van der Waals surface area contributed by atoms with Crippen LogP contribution in [0.25, 0.3) is 0 Å². The lowest BCUT2D eigenvalue weighted by atomic mass is 9.81. The first-order chi connectivity index (χ1) is 4.69. The number of hydrogen-bond acceptors (Lipinski definition) is 3. The first-order valence-electron chi connectivity index (χ1n) is 3.69. The van der Waals surface area contributed by atoms with Crippen molar-refractivity contribution in [3.63, 3.8) is 0 Å². The van der Waals surface area contributed by atoms with E-state index in [1.54, 1.807) is 0 Å². The third-order valence-electron chi connectivity index (χ3n) is 2.29. The summed E-state index contributed by atoms with van der Waals surface area (Å²) in [6.07, 6.45) is 0.399. The Morgan fingerprint density at radius 1 is 1.70 bits per heavy atom. The van der Waals surface area contributed by atoms with E-state index in [9.17, 15) is 5.11 Å². The maximum atomic E-state index is 9.43. The van der Waals surface area contributed by atoms with Gasteiger partial charge in [0.1, 0.15) is 0 Å². The highest BCUT2D eigenvalue weighted by Crippen LogP contribution is 2.24. The second kappa shape index (κ2) is 2.86. The van der Waals surface area contributed by atoms with Gasteiger partial charge in [0.2, 0.25) is 0 Å². The molecule has 3 heteroatoms. The molecule has 1 heterocycles.